The Morgan fingerprint density at radius 1 is 0.789 bits per heavy atom. The summed E-state index contributed by atoms with van der Waals surface area (Å²) in [5.41, 5.74) is 2.72. The van der Waals surface area contributed by atoms with Gasteiger partial charge < -0.3 is 78.4 Å². The Hall–Kier alpha value is -7.13. The number of likely N-dealkylation sites (N-methyl/N-ethyl adjacent to an activating group) is 1. The number of hydrogen-bond acceptors (Lipinski definition) is 15. The van der Waals surface area contributed by atoms with Crippen molar-refractivity contribution in [2.24, 2.45) is 11.8 Å². The summed E-state index contributed by atoms with van der Waals surface area (Å²) in [7, 11) is 1.64. The SMILES string of the molecule is CCC(C)C1NC(=O)CNC(=O)CNC(=O)C([C@@H](C)C(O)CO)NC(=O)C2C[C@@H](O)CN2C(=O)C(CC(=O)NCc2ccc(NC(=O)C(C)NC)cc2)NC(=O)[C@H](CSc2[nH]c3ccccc3c2C)NC(=O)CNC1=O. The Labute approximate surface area is 443 Å². The molecule has 7 unspecified atom stereocenters. The molecule has 26 heteroatoms. The van der Waals surface area contributed by atoms with E-state index in [1.807, 2.05) is 31.2 Å². The number of aromatic amines is 1. The topological polar surface area (TPSA) is 371 Å². The molecule has 2 fully saturated rings. The number of fused-ring (bicyclic) bond motifs is 2. The summed E-state index contributed by atoms with van der Waals surface area (Å²) < 4.78 is 0. The van der Waals surface area contributed by atoms with Gasteiger partial charge in [-0.1, -0.05) is 57.5 Å². The third-order valence-corrected chi connectivity index (χ3v) is 14.6. The second-order valence-corrected chi connectivity index (χ2v) is 20.0. The fourth-order valence-corrected chi connectivity index (χ4v) is 9.39. The summed E-state index contributed by atoms with van der Waals surface area (Å²) in [6, 6.07) is 5.93. The van der Waals surface area contributed by atoms with Crippen molar-refractivity contribution in [3.63, 3.8) is 0 Å². The van der Waals surface area contributed by atoms with Crippen LogP contribution in [0.1, 0.15) is 58.1 Å². The van der Waals surface area contributed by atoms with E-state index in [4.69, 9.17) is 0 Å². The van der Waals surface area contributed by atoms with Gasteiger partial charge in [0, 0.05) is 47.8 Å². The lowest BCUT2D eigenvalue weighted by Crippen LogP contribution is -2.61. The molecule has 2 aliphatic heterocycles. The first kappa shape index (κ1) is 59.7. The highest BCUT2D eigenvalue weighted by molar-refractivity contribution is 7.99. The van der Waals surface area contributed by atoms with Crippen molar-refractivity contribution in [1.29, 1.82) is 0 Å². The number of aryl methyl sites for hydroxylation is 1. The predicted molar refractivity (Wildman–Crippen MR) is 278 cm³/mol. The van der Waals surface area contributed by atoms with Crippen LogP contribution >= 0.6 is 11.8 Å². The van der Waals surface area contributed by atoms with Crippen molar-refractivity contribution in [1.82, 2.24) is 57.7 Å². The number of nitrogens with one attached hydrogen (secondary N) is 11. The number of aromatic nitrogens is 1. The Morgan fingerprint density at radius 2 is 1.43 bits per heavy atom. The van der Waals surface area contributed by atoms with Gasteiger partial charge in [-0.25, -0.2) is 0 Å². The Morgan fingerprint density at radius 3 is 2.09 bits per heavy atom. The van der Waals surface area contributed by atoms with Crippen molar-refractivity contribution in [3.8, 4) is 0 Å². The zero-order chi connectivity index (χ0) is 55.8. The third-order valence-electron chi connectivity index (χ3n) is 13.4. The first-order valence-electron chi connectivity index (χ1n) is 25.0. The number of aliphatic hydroxyl groups is 3. The second-order valence-electron chi connectivity index (χ2n) is 18.9. The molecule has 0 saturated carbocycles. The number of hydrogen-bond donors (Lipinski definition) is 14. The molecule has 0 aliphatic carbocycles. The molecule has 2 aromatic carbocycles. The smallest absolute Gasteiger partial charge is 0.246 e. The molecular formula is C50H70N12O13S. The van der Waals surface area contributed by atoms with E-state index >= 15 is 0 Å². The fraction of sp³-hybridized carbons (Fsp3) is 0.520. The quantitative estimate of drug-likeness (QED) is 0.0680. The van der Waals surface area contributed by atoms with Gasteiger partial charge in [-0.05, 0) is 56.1 Å². The number of aliphatic hydroxyl groups excluding tert-OH is 3. The van der Waals surface area contributed by atoms with E-state index in [9.17, 15) is 63.3 Å². The molecule has 10 amide bonds. The highest BCUT2D eigenvalue weighted by Gasteiger charge is 2.44. The minimum atomic E-state index is -1.77. The van der Waals surface area contributed by atoms with Gasteiger partial charge in [0.2, 0.25) is 59.1 Å². The Kier molecular flexibility index (Phi) is 22.1. The predicted octanol–water partition coefficient (Wildman–Crippen LogP) is -2.88. The van der Waals surface area contributed by atoms with E-state index < -0.39 is 153 Å². The van der Waals surface area contributed by atoms with Crippen LogP contribution in [0.25, 0.3) is 10.9 Å². The maximum absolute atomic E-state index is 14.8. The molecule has 5 rings (SSSR count). The standard InChI is InChI=1S/C50H70N12O13S/c1-7-25(2)42-47(73)55-21-40(68)57-35(24-76-49-26(3)32-10-8-9-11-33(32)59-49)45(71)58-34(17-38(66)52-18-29-12-14-30(15-13-29)56-44(70)28(5)51-6)50(75)62-22-31(64)16-36(62)46(72)61-43(27(4)37(65)23-63)48(74)54-19-39(67)53-20-41(69)60-42/h8-15,25,27-28,31,34-37,42-43,51,59,63-65H,7,16-24H2,1-6H3,(H,52,66)(H,53,67)(H,54,74)(H,55,73)(H,56,70)(H,57,68)(H,58,71)(H,60,69)(H,61,72)/t25?,27-,28?,31+,34?,35-,36?,37?,42?,43?/m0/s1. The highest BCUT2D eigenvalue weighted by atomic mass is 32.2. The molecule has 414 valence electrons. The van der Waals surface area contributed by atoms with Gasteiger partial charge in [-0.15, -0.1) is 11.8 Å². The lowest BCUT2D eigenvalue weighted by Gasteiger charge is -2.32. The molecule has 3 aromatic rings. The van der Waals surface area contributed by atoms with E-state index in [1.54, 1.807) is 52.1 Å². The minimum absolute atomic E-state index is 0.0717. The number of nitrogens with zero attached hydrogens (tertiary/aromatic N) is 1. The van der Waals surface area contributed by atoms with Crippen LogP contribution in [0.15, 0.2) is 53.6 Å². The number of amides is 10. The first-order chi connectivity index (χ1) is 36.1. The number of benzene rings is 2. The van der Waals surface area contributed by atoms with Crippen LogP contribution < -0.4 is 53.2 Å². The third kappa shape index (κ3) is 16.4. The zero-order valence-corrected chi connectivity index (χ0v) is 44.1. The first-order valence-corrected chi connectivity index (χ1v) is 26.0. The summed E-state index contributed by atoms with van der Waals surface area (Å²) in [6.07, 6.45) is -3.63. The Balaban J connectivity index is 1.50. The molecule has 3 heterocycles. The average molecular weight is 1080 g/mol. The lowest BCUT2D eigenvalue weighted by atomic mass is 9.94. The zero-order valence-electron chi connectivity index (χ0n) is 43.2. The summed E-state index contributed by atoms with van der Waals surface area (Å²) in [4.78, 5) is 141. The van der Waals surface area contributed by atoms with Gasteiger partial charge in [0.25, 0.3) is 0 Å². The van der Waals surface area contributed by atoms with Gasteiger partial charge >= 0.3 is 0 Å². The fourth-order valence-electron chi connectivity index (χ4n) is 8.32. The Bertz CT molecular complexity index is 2600. The number of carbonyl (C=O) groups is 10. The maximum atomic E-state index is 14.8. The summed E-state index contributed by atoms with van der Waals surface area (Å²) in [5, 5.41) is 58.6. The highest BCUT2D eigenvalue weighted by Crippen LogP contribution is 2.29. The van der Waals surface area contributed by atoms with Crippen LogP contribution in [0.3, 0.4) is 0 Å². The minimum Gasteiger partial charge on any atom is -0.394 e. The number of H-pyrrole nitrogens is 1. The monoisotopic (exact) mass is 1080 g/mol. The molecule has 0 radical (unpaired) electrons. The molecule has 2 saturated heterocycles. The van der Waals surface area contributed by atoms with E-state index in [-0.39, 0.29) is 24.6 Å². The van der Waals surface area contributed by atoms with Gasteiger partial charge in [-0.2, -0.15) is 0 Å². The van der Waals surface area contributed by atoms with Crippen LogP contribution in [0.5, 0.6) is 0 Å². The van der Waals surface area contributed by atoms with E-state index in [0.717, 1.165) is 33.1 Å². The van der Waals surface area contributed by atoms with Gasteiger partial charge in [-0.3, -0.25) is 47.9 Å². The van der Waals surface area contributed by atoms with Crippen molar-refractivity contribution >= 4 is 87.4 Å². The van der Waals surface area contributed by atoms with Crippen LogP contribution in [0.2, 0.25) is 0 Å². The average Bonchev–Trinajstić information content (AvgIpc) is 3.97. The van der Waals surface area contributed by atoms with Gasteiger partial charge in [0.1, 0.15) is 30.2 Å². The van der Waals surface area contributed by atoms with E-state index in [0.29, 0.717) is 22.7 Å². The molecule has 25 nitrogen and oxygen atoms in total. The van der Waals surface area contributed by atoms with Crippen LogP contribution in [-0.4, -0.2) is 178 Å². The molecule has 1 aromatic heterocycles. The van der Waals surface area contributed by atoms with Gasteiger partial charge in [0.15, 0.2) is 0 Å². The molecule has 0 spiro atoms. The van der Waals surface area contributed by atoms with Crippen molar-refractivity contribution in [2.45, 2.75) is 114 Å². The number of thioether (sulfide) groups is 1. The van der Waals surface area contributed by atoms with E-state index in [1.165, 1.54) is 6.92 Å². The molecule has 2 aliphatic rings. The lowest BCUT2D eigenvalue weighted by molar-refractivity contribution is -0.144. The van der Waals surface area contributed by atoms with E-state index in [2.05, 4.69) is 58.2 Å². The molecule has 10 atom stereocenters. The summed E-state index contributed by atoms with van der Waals surface area (Å²) in [6.45, 7) is 4.88. The van der Waals surface area contributed by atoms with Crippen LogP contribution in [0.4, 0.5) is 5.69 Å². The van der Waals surface area contributed by atoms with Crippen LogP contribution in [-0.2, 0) is 54.5 Å². The number of carbonyl (C=O) groups excluding carboxylic acids is 10. The van der Waals surface area contributed by atoms with Crippen molar-refractivity contribution in [2.75, 3.05) is 50.9 Å². The maximum Gasteiger partial charge on any atom is 0.246 e. The largest absolute Gasteiger partial charge is 0.394 e. The molecule has 76 heavy (non-hydrogen) atoms. The normalized spacial score (nSPS) is 23.5. The van der Waals surface area contributed by atoms with Gasteiger partial charge in [0.05, 0.1) is 55.9 Å². The van der Waals surface area contributed by atoms with Crippen LogP contribution in [0, 0.1) is 18.8 Å². The molecule has 14 N–H and O–H groups in total. The van der Waals surface area contributed by atoms with Crippen molar-refractivity contribution < 1.29 is 63.3 Å². The number of para-hydroxylation sites is 1. The second kappa shape index (κ2) is 28.1. The summed E-state index contributed by atoms with van der Waals surface area (Å²) in [5.74, 6) is -10.1. The molecule has 0 bridgehead atoms. The number of rotatable bonds is 15. The molecular weight excluding hydrogens is 1010 g/mol. The van der Waals surface area contributed by atoms with Crippen molar-refractivity contribution in [3.05, 3.63) is 59.7 Å². The summed E-state index contributed by atoms with van der Waals surface area (Å²) >= 11 is 1.16. The number of anilines is 1.